The molecule has 0 aliphatic heterocycles. The van der Waals surface area contributed by atoms with Crippen LogP contribution < -0.4 is 5.73 Å². The molecule has 0 unspecified atom stereocenters. The third kappa shape index (κ3) is 2.93. The number of aromatic hydroxyl groups is 1. The molecule has 1 aromatic rings. The predicted molar refractivity (Wildman–Crippen MR) is 114 cm³/mol. The van der Waals surface area contributed by atoms with E-state index >= 15 is 4.39 Å². The van der Waals surface area contributed by atoms with Gasteiger partial charge in [0.2, 0.25) is 0 Å². The fourth-order valence-corrected chi connectivity index (χ4v) is 5.70. The van der Waals surface area contributed by atoms with Gasteiger partial charge in [-0.1, -0.05) is 0 Å². The van der Waals surface area contributed by atoms with Crippen molar-refractivity contribution in [3.8, 4) is 5.75 Å². The van der Waals surface area contributed by atoms with Gasteiger partial charge in [-0.25, -0.2) is 4.39 Å². The number of hydrogen-bond donors (Lipinski definition) is 5. The number of primary amides is 1. The van der Waals surface area contributed by atoms with E-state index in [4.69, 9.17) is 10.5 Å². The van der Waals surface area contributed by atoms with Crippen molar-refractivity contribution in [2.75, 3.05) is 21.2 Å². The van der Waals surface area contributed by atoms with Gasteiger partial charge in [-0.15, -0.1) is 0 Å². The Kier molecular flexibility index (Phi) is 5.54. The number of hydrogen-bond acceptors (Lipinski definition) is 9. The average Bonchev–Trinajstić information content (AvgIpc) is 2.75. The number of carbonyl (C=O) groups excluding carboxylic acids is 3. The van der Waals surface area contributed by atoms with Crippen LogP contribution in [0.2, 0.25) is 0 Å². The van der Waals surface area contributed by atoms with E-state index in [2.05, 4.69) is 0 Å². The molecule has 6 N–H and O–H groups in total. The summed E-state index contributed by atoms with van der Waals surface area (Å²) < 4.78 is 20.5. The zero-order valence-corrected chi connectivity index (χ0v) is 18.8. The van der Waals surface area contributed by atoms with E-state index < -0.39 is 76.2 Å². The molecule has 0 fully saturated rings. The predicted octanol–water partition coefficient (Wildman–Crippen LogP) is -0.160. The molecule has 182 valence electrons. The minimum Gasteiger partial charge on any atom is -0.508 e. The van der Waals surface area contributed by atoms with Crippen molar-refractivity contribution in [3.05, 3.63) is 51.2 Å². The number of likely N-dealkylation sites (N-methyl/N-ethyl adjacent to an activating group) is 1. The highest BCUT2D eigenvalue weighted by Crippen LogP contribution is 2.54. The molecule has 1 amide bonds. The van der Waals surface area contributed by atoms with Gasteiger partial charge in [0.25, 0.3) is 5.91 Å². The maximum Gasteiger partial charge on any atom is 0.255 e. The summed E-state index contributed by atoms with van der Waals surface area (Å²) in [6.45, 7) is -0.689. The molecule has 0 saturated heterocycles. The third-order valence-electron chi connectivity index (χ3n) is 7.08. The molecule has 4 atom stereocenters. The van der Waals surface area contributed by atoms with Gasteiger partial charge in [0.15, 0.2) is 17.2 Å². The normalized spacial score (nSPS) is 28.6. The van der Waals surface area contributed by atoms with Crippen molar-refractivity contribution in [2.45, 2.75) is 31.1 Å². The number of rotatable bonds is 4. The Balaban J connectivity index is 2.04. The van der Waals surface area contributed by atoms with Crippen LogP contribution >= 0.6 is 0 Å². The standard InChI is InChI=1S/C23H25FN2O8/c1-26(2)17-11-5-8-4-10-14(12(28)6-9(7-27)16(10)24)18(29)13(8)21(34-3)23(11,33)20(31)15(19(17)30)22(25)32/h6,8,11,17,27-28,31,33H,4-5,7H2,1-3H3,(H2,25,32)/t8-,11-,17-,23+/m0/s1. The third-order valence-corrected chi connectivity index (χ3v) is 7.08. The number of amides is 1. The monoisotopic (exact) mass is 476 g/mol. The van der Waals surface area contributed by atoms with Gasteiger partial charge >= 0.3 is 0 Å². The Morgan fingerprint density at radius 2 is 1.97 bits per heavy atom. The van der Waals surface area contributed by atoms with Crippen molar-refractivity contribution in [1.82, 2.24) is 4.90 Å². The van der Waals surface area contributed by atoms with Gasteiger partial charge in [-0.3, -0.25) is 19.3 Å². The molecule has 11 heteroatoms. The largest absolute Gasteiger partial charge is 0.508 e. The number of aliphatic hydroxyl groups is 3. The van der Waals surface area contributed by atoms with Crippen LogP contribution in [-0.4, -0.2) is 75.6 Å². The number of allylic oxidation sites excluding steroid dienone is 1. The van der Waals surface area contributed by atoms with Crippen LogP contribution in [0.4, 0.5) is 4.39 Å². The number of Topliss-reactive ketones (excluding diaryl/α,β-unsaturated/α-hetero) is 2. The molecule has 3 aliphatic rings. The lowest BCUT2D eigenvalue weighted by atomic mass is 9.59. The topological polar surface area (TPSA) is 171 Å². The molecule has 10 nitrogen and oxygen atoms in total. The lowest BCUT2D eigenvalue weighted by Crippen LogP contribution is -2.63. The minimum absolute atomic E-state index is 0.0574. The highest BCUT2D eigenvalue weighted by atomic mass is 19.1. The summed E-state index contributed by atoms with van der Waals surface area (Å²) in [5.74, 6) is -7.49. The smallest absolute Gasteiger partial charge is 0.255 e. The van der Waals surface area contributed by atoms with Crippen molar-refractivity contribution in [3.63, 3.8) is 0 Å². The Labute approximate surface area is 193 Å². The van der Waals surface area contributed by atoms with Crippen molar-refractivity contribution in [1.29, 1.82) is 0 Å². The molecule has 4 rings (SSSR count). The summed E-state index contributed by atoms with van der Waals surface area (Å²) in [5, 5.41) is 42.6. The molecule has 0 heterocycles. The van der Waals surface area contributed by atoms with Gasteiger partial charge in [0.05, 0.1) is 25.3 Å². The number of phenols is 1. The number of ketones is 2. The SMILES string of the molecule is COC1=C2C(=O)c3c(O)cc(CO)c(F)c3C[C@H]2C[C@H]2[C@H](N(C)C)C(=O)C(C(N)=O)=C(O)[C@@]12O. The van der Waals surface area contributed by atoms with Crippen molar-refractivity contribution in [2.24, 2.45) is 17.6 Å². The first-order chi connectivity index (χ1) is 15.9. The maximum atomic E-state index is 15.0. The Morgan fingerprint density at radius 1 is 1.32 bits per heavy atom. The maximum absolute atomic E-state index is 15.0. The van der Waals surface area contributed by atoms with E-state index in [9.17, 15) is 34.8 Å². The van der Waals surface area contributed by atoms with Crippen LogP contribution in [0.1, 0.15) is 27.9 Å². The van der Waals surface area contributed by atoms with Crippen LogP contribution in [0.25, 0.3) is 0 Å². The number of ether oxygens (including phenoxy) is 1. The second-order valence-electron chi connectivity index (χ2n) is 9.03. The van der Waals surface area contributed by atoms with Crippen molar-refractivity contribution >= 4 is 17.5 Å². The first-order valence-corrected chi connectivity index (χ1v) is 10.6. The molecule has 34 heavy (non-hydrogen) atoms. The fourth-order valence-electron chi connectivity index (χ4n) is 5.70. The zero-order valence-electron chi connectivity index (χ0n) is 18.8. The molecule has 0 radical (unpaired) electrons. The van der Waals surface area contributed by atoms with Crippen LogP contribution in [-0.2, 0) is 27.4 Å². The highest BCUT2D eigenvalue weighted by molar-refractivity contribution is 6.22. The Bertz CT molecular complexity index is 1200. The molecule has 0 bridgehead atoms. The average molecular weight is 476 g/mol. The van der Waals surface area contributed by atoms with Crippen LogP contribution in [0.5, 0.6) is 5.75 Å². The van der Waals surface area contributed by atoms with E-state index in [-0.39, 0.29) is 35.1 Å². The lowest BCUT2D eigenvalue weighted by Gasteiger charge is -2.51. The number of halogens is 1. The zero-order chi connectivity index (χ0) is 25.3. The van der Waals surface area contributed by atoms with Gasteiger partial charge < -0.3 is 30.9 Å². The number of aliphatic hydroxyl groups excluding tert-OH is 2. The minimum atomic E-state index is -2.44. The van der Waals surface area contributed by atoms with Gasteiger partial charge in [0, 0.05) is 22.6 Å². The summed E-state index contributed by atoms with van der Waals surface area (Å²) in [5.41, 5.74) is 1.38. The number of fused-ring (bicyclic) bond motifs is 3. The summed E-state index contributed by atoms with van der Waals surface area (Å²) in [6, 6.07) is -0.169. The van der Waals surface area contributed by atoms with E-state index in [1.54, 1.807) is 14.1 Å². The number of nitrogens with two attached hydrogens (primary N) is 1. The quantitative estimate of drug-likeness (QED) is 0.371. The fraction of sp³-hybridized carbons (Fsp3) is 0.435. The van der Waals surface area contributed by atoms with Gasteiger partial charge in [-0.05, 0) is 38.9 Å². The highest BCUT2D eigenvalue weighted by Gasteiger charge is 2.63. The van der Waals surface area contributed by atoms with E-state index in [0.29, 0.717) is 0 Å². The number of benzene rings is 1. The second kappa shape index (κ2) is 7.90. The van der Waals surface area contributed by atoms with Gasteiger partial charge in [0.1, 0.15) is 28.7 Å². The summed E-state index contributed by atoms with van der Waals surface area (Å²) >= 11 is 0. The first-order valence-electron chi connectivity index (χ1n) is 10.6. The molecular weight excluding hydrogens is 451 g/mol. The summed E-state index contributed by atoms with van der Waals surface area (Å²) in [4.78, 5) is 40.1. The van der Waals surface area contributed by atoms with Crippen LogP contribution in [0.3, 0.4) is 0 Å². The molecular formula is C23H25FN2O8. The van der Waals surface area contributed by atoms with E-state index in [0.717, 1.165) is 13.2 Å². The van der Waals surface area contributed by atoms with E-state index in [1.807, 2.05) is 0 Å². The molecule has 3 aliphatic carbocycles. The number of carbonyl (C=O) groups is 3. The second-order valence-corrected chi connectivity index (χ2v) is 9.03. The number of methoxy groups -OCH3 is 1. The number of nitrogens with zero attached hydrogens (tertiary/aromatic N) is 1. The summed E-state index contributed by atoms with van der Waals surface area (Å²) in [6.07, 6.45) is -0.150. The Hall–Kier alpha value is -3.28. The first kappa shape index (κ1) is 23.9. The van der Waals surface area contributed by atoms with Crippen molar-refractivity contribution < 1.29 is 43.9 Å². The van der Waals surface area contributed by atoms with Crippen LogP contribution in [0, 0.1) is 17.7 Å². The number of phenolic OH excluding ortho intramolecular Hbond substituents is 1. The molecule has 0 spiro atoms. The molecule has 0 saturated carbocycles. The van der Waals surface area contributed by atoms with E-state index in [1.165, 1.54) is 4.90 Å². The summed E-state index contributed by atoms with van der Waals surface area (Å²) in [7, 11) is 4.24. The molecule has 0 aromatic heterocycles. The van der Waals surface area contributed by atoms with Gasteiger partial charge in [-0.2, -0.15) is 0 Å². The molecule has 1 aromatic carbocycles. The van der Waals surface area contributed by atoms with Crippen LogP contribution in [0.15, 0.2) is 28.7 Å². The Morgan fingerprint density at radius 3 is 2.50 bits per heavy atom. The lowest BCUT2D eigenvalue weighted by molar-refractivity contribution is -0.137.